The number of morpholine rings is 1. The van der Waals surface area contributed by atoms with E-state index in [1.807, 2.05) is 0 Å². The minimum Gasteiger partial charge on any atom is -0.373 e. The fourth-order valence-corrected chi connectivity index (χ4v) is 3.51. The molecule has 0 radical (unpaired) electrons. The maximum Gasteiger partial charge on any atom is 0.317 e. The molecule has 2 aliphatic heterocycles. The van der Waals surface area contributed by atoms with Crippen LogP contribution in [0.5, 0.6) is 0 Å². The predicted octanol–water partition coefficient (Wildman–Crippen LogP) is 1.43. The van der Waals surface area contributed by atoms with Crippen LogP contribution in [0.1, 0.15) is 39.5 Å². The molecule has 0 spiro atoms. The third-order valence-corrected chi connectivity index (χ3v) is 4.51. The zero-order valence-electron chi connectivity index (χ0n) is 12.7. The number of carbonyl (C=O) groups is 1. The molecule has 0 aromatic carbocycles. The van der Waals surface area contributed by atoms with Crippen molar-refractivity contribution in [3.63, 3.8) is 0 Å². The normalized spacial score (nSPS) is 35.3. The zero-order valence-corrected chi connectivity index (χ0v) is 12.7. The molecule has 0 bridgehead atoms. The van der Waals surface area contributed by atoms with Crippen molar-refractivity contribution in [2.75, 3.05) is 26.2 Å². The minimum absolute atomic E-state index is 0.157. The van der Waals surface area contributed by atoms with Crippen LogP contribution in [0.3, 0.4) is 0 Å². The Morgan fingerprint density at radius 1 is 1.20 bits per heavy atom. The quantitative estimate of drug-likeness (QED) is 0.851. The molecule has 2 heterocycles. The Balaban J connectivity index is 1.53. The molecular formula is C15H27N3O2. The highest BCUT2D eigenvalue weighted by Crippen LogP contribution is 2.23. The highest BCUT2D eigenvalue weighted by Gasteiger charge is 2.34. The third kappa shape index (κ3) is 3.44. The van der Waals surface area contributed by atoms with E-state index in [1.165, 1.54) is 0 Å². The van der Waals surface area contributed by atoms with E-state index in [-0.39, 0.29) is 6.03 Å². The van der Waals surface area contributed by atoms with E-state index in [9.17, 15) is 4.79 Å². The van der Waals surface area contributed by atoms with Gasteiger partial charge >= 0.3 is 6.03 Å². The molecule has 1 aliphatic carbocycles. The van der Waals surface area contributed by atoms with Crippen LogP contribution in [-0.4, -0.2) is 66.3 Å². The second kappa shape index (κ2) is 5.90. The van der Waals surface area contributed by atoms with Gasteiger partial charge in [-0.15, -0.1) is 0 Å². The van der Waals surface area contributed by atoms with Crippen LogP contribution in [0, 0.1) is 0 Å². The van der Waals surface area contributed by atoms with E-state index >= 15 is 0 Å². The van der Waals surface area contributed by atoms with Crippen molar-refractivity contribution < 1.29 is 9.53 Å². The van der Waals surface area contributed by atoms with E-state index in [1.54, 1.807) is 0 Å². The van der Waals surface area contributed by atoms with Gasteiger partial charge in [0.25, 0.3) is 0 Å². The fourth-order valence-electron chi connectivity index (χ4n) is 3.51. The van der Waals surface area contributed by atoms with Crippen LogP contribution in [0.2, 0.25) is 0 Å². The van der Waals surface area contributed by atoms with E-state index in [2.05, 4.69) is 29.0 Å². The Morgan fingerprint density at radius 2 is 1.90 bits per heavy atom. The van der Waals surface area contributed by atoms with Crippen molar-refractivity contribution in [1.82, 2.24) is 15.1 Å². The molecule has 0 aromatic rings. The second-order valence-electron chi connectivity index (χ2n) is 6.69. The molecule has 3 rings (SSSR count). The van der Waals surface area contributed by atoms with Gasteiger partial charge in [-0.1, -0.05) is 0 Å². The minimum atomic E-state index is 0.157. The summed E-state index contributed by atoms with van der Waals surface area (Å²) in [6, 6.07) is 0.989. The van der Waals surface area contributed by atoms with E-state index < -0.39 is 0 Å². The maximum atomic E-state index is 12.2. The van der Waals surface area contributed by atoms with Crippen LogP contribution >= 0.6 is 0 Å². The largest absolute Gasteiger partial charge is 0.373 e. The zero-order chi connectivity index (χ0) is 14.1. The first-order chi connectivity index (χ1) is 9.61. The predicted molar refractivity (Wildman–Crippen MR) is 77.7 cm³/mol. The van der Waals surface area contributed by atoms with Crippen molar-refractivity contribution in [2.24, 2.45) is 0 Å². The molecule has 0 aromatic heterocycles. The smallest absolute Gasteiger partial charge is 0.317 e. The van der Waals surface area contributed by atoms with Gasteiger partial charge in [0, 0.05) is 38.3 Å². The number of hydrogen-bond acceptors (Lipinski definition) is 3. The molecule has 20 heavy (non-hydrogen) atoms. The lowest BCUT2D eigenvalue weighted by atomic mass is 10.1. The average molecular weight is 281 g/mol. The first-order valence-corrected chi connectivity index (χ1v) is 8.07. The monoisotopic (exact) mass is 281 g/mol. The van der Waals surface area contributed by atoms with Crippen molar-refractivity contribution >= 4 is 6.03 Å². The summed E-state index contributed by atoms with van der Waals surface area (Å²) < 4.78 is 5.78. The van der Waals surface area contributed by atoms with Crippen LogP contribution in [0.15, 0.2) is 0 Å². The lowest BCUT2D eigenvalue weighted by Gasteiger charge is -2.38. The Kier molecular flexibility index (Phi) is 4.17. The van der Waals surface area contributed by atoms with Gasteiger partial charge in [-0.3, -0.25) is 4.90 Å². The molecule has 5 nitrogen and oxygen atoms in total. The summed E-state index contributed by atoms with van der Waals surface area (Å²) in [4.78, 5) is 16.8. The van der Waals surface area contributed by atoms with Gasteiger partial charge in [0.2, 0.25) is 0 Å². The van der Waals surface area contributed by atoms with Crippen LogP contribution in [-0.2, 0) is 4.74 Å². The summed E-state index contributed by atoms with van der Waals surface area (Å²) in [5.74, 6) is 0. The first-order valence-electron chi connectivity index (χ1n) is 8.07. The van der Waals surface area contributed by atoms with Gasteiger partial charge in [-0.05, 0) is 39.5 Å². The summed E-state index contributed by atoms with van der Waals surface area (Å²) in [5, 5.41) is 3.12. The molecule has 3 atom stereocenters. The van der Waals surface area contributed by atoms with Crippen molar-refractivity contribution in [3.8, 4) is 0 Å². The number of urea groups is 1. The average Bonchev–Trinajstić information content (AvgIpc) is 3.05. The summed E-state index contributed by atoms with van der Waals surface area (Å²) in [7, 11) is 0. The number of nitrogens with zero attached hydrogens (tertiary/aromatic N) is 2. The molecule has 3 aliphatic rings. The molecule has 5 heteroatoms. The lowest BCUT2D eigenvalue weighted by Crippen LogP contribution is -2.52. The lowest BCUT2D eigenvalue weighted by molar-refractivity contribution is -0.0713. The molecule has 114 valence electrons. The molecule has 1 N–H and O–H groups in total. The SMILES string of the molecule is C[C@@H]1CN(C[C@H]2CCCN2C(=O)NC2CC2)C[C@H](C)O1. The van der Waals surface area contributed by atoms with E-state index in [4.69, 9.17) is 4.74 Å². The van der Waals surface area contributed by atoms with Crippen molar-refractivity contribution in [2.45, 2.75) is 63.8 Å². The maximum absolute atomic E-state index is 12.2. The van der Waals surface area contributed by atoms with Gasteiger partial charge in [0.05, 0.1) is 12.2 Å². The number of likely N-dealkylation sites (tertiary alicyclic amines) is 1. The molecular weight excluding hydrogens is 254 g/mol. The van der Waals surface area contributed by atoms with Gasteiger partial charge in [-0.25, -0.2) is 4.79 Å². The van der Waals surface area contributed by atoms with Gasteiger partial charge in [0.1, 0.15) is 0 Å². The summed E-state index contributed by atoms with van der Waals surface area (Å²) in [5.41, 5.74) is 0. The van der Waals surface area contributed by atoms with Crippen molar-refractivity contribution in [1.29, 1.82) is 0 Å². The number of hydrogen-bond donors (Lipinski definition) is 1. The fraction of sp³-hybridized carbons (Fsp3) is 0.933. The van der Waals surface area contributed by atoms with E-state index in [0.717, 1.165) is 51.9 Å². The Bertz CT molecular complexity index is 349. The first kappa shape index (κ1) is 14.1. The molecule has 1 saturated carbocycles. The molecule has 3 fully saturated rings. The van der Waals surface area contributed by atoms with Crippen LogP contribution in [0.4, 0.5) is 4.79 Å². The van der Waals surface area contributed by atoms with Gasteiger partial charge < -0.3 is 15.0 Å². The number of ether oxygens (including phenoxy) is 1. The number of nitrogens with one attached hydrogen (secondary N) is 1. The summed E-state index contributed by atoms with van der Waals surface area (Å²) in [6.07, 6.45) is 5.19. The van der Waals surface area contributed by atoms with Crippen LogP contribution in [0.25, 0.3) is 0 Å². The number of amides is 2. The Labute approximate surface area is 121 Å². The number of rotatable bonds is 3. The summed E-state index contributed by atoms with van der Waals surface area (Å²) >= 11 is 0. The highest BCUT2D eigenvalue weighted by molar-refractivity contribution is 5.75. The number of carbonyl (C=O) groups excluding carboxylic acids is 1. The highest BCUT2D eigenvalue weighted by atomic mass is 16.5. The Morgan fingerprint density at radius 3 is 2.55 bits per heavy atom. The Hall–Kier alpha value is -0.810. The molecule has 0 unspecified atom stereocenters. The van der Waals surface area contributed by atoms with Crippen molar-refractivity contribution in [3.05, 3.63) is 0 Å². The second-order valence-corrected chi connectivity index (χ2v) is 6.69. The van der Waals surface area contributed by atoms with E-state index in [0.29, 0.717) is 24.3 Å². The molecule has 2 saturated heterocycles. The van der Waals surface area contributed by atoms with Gasteiger partial charge in [0.15, 0.2) is 0 Å². The third-order valence-electron chi connectivity index (χ3n) is 4.51. The topological polar surface area (TPSA) is 44.8 Å². The van der Waals surface area contributed by atoms with Crippen LogP contribution < -0.4 is 5.32 Å². The summed E-state index contributed by atoms with van der Waals surface area (Å²) in [6.45, 7) is 8.15. The molecule has 2 amide bonds. The standard InChI is InChI=1S/C15H27N3O2/c1-11-8-17(9-12(2)20-11)10-14-4-3-7-18(14)15(19)16-13-5-6-13/h11-14H,3-10H2,1-2H3,(H,16,19)/t11-,12+,14-/m1/s1. The van der Waals surface area contributed by atoms with Gasteiger partial charge in [-0.2, -0.15) is 0 Å².